The summed E-state index contributed by atoms with van der Waals surface area (Å²) in [6.45, 7) is 6.43. The van der Waals surface area contributed by atoms with Crippen molar-refractivity contribution in [3.05, 3.63) is 97.2 Å². The Kier molecular flexibility index (Phi) is 51.9. The third-order valence-corrected chi connectivity index (χ3v) is 11.6. The van der Waals surface area contributed by atoms with E-state index in [2.05, 4.69) is 118 Å². The lowest BCUT2D eigenvalue weighted by atomic mass is 10.1. The van der Waals surface area contributed by atoms with Crippen molar-refractivity contribution in [2.45, 2.75) is 258 Å². The van der Waals surface area contributed by atoms with Gasteiger partial charge in [-0.2, -0.15) is 0 Å². The number of carbonyl (C=O) groups excluding carboxylic acids is 3. The second-order valence-corrected chi connectivity index (χ2v) is 18.1. The molecule has 67 heavy (non-hydrogen) atoms. The van der Waals surface area contributed by atoms with Crippen molar-refractivity contribution in [2.24, 2.45) is 0 Å². The molecule has 0 bridgehead atoms. The monoisotopic (exact) mass is 931 g/mol. The molecule has 0 saturated heterocycles. The highest BCUT2D eigenvalue weighted by atomic mass is 16.6. The van der Waals surface area contributed by atoms with Crippen molar-refractivity contribution in [2.75, 3.05) is 13.2 Å². The van der Waals surface area contributed by atoms with Crippen molar-refractivity contribution in [3.8, 4) is 0 Å². The van der Waals surface area contributed by atoms with Gasteiger partial charge >= 0.3 is 17.9 Å². The Morgan fingerprint density at radius 1 is 0.313 bits per heavy atom. The zero-order chi connectivity index (χ0) is 48.6. The molecule has 0 aromatic heterocycles. The number of unbranched alkanes of at least 4 members (excludes halogenated alkanes) is 22. The molecule has 1 atom stereocenters. The molecule has 6 heteroatoms. The highest BCUT2D eigenvalue weighted by Crippen LogP contribution is 2.14. The number of hydrogen-bond donors (Lipinski definition) is 0. The van der Waals surface area contributed by atoms with Crippen molar-refractivity contribution in [1.82, 2.24) is 0 Å². The summed E-state index contributed by atoms with van der Waals surface area (Å²) in [5.41, 5.74) is 0. The highest BCUT2D eigenvalue weighted by molar-refractivity contribution is 5.71. The molecule has 0 aromatic rings. The molecule has 0 aliphatic rings. The molecule has 0 amide bonds. The summed E-state index contributed by atoms with van der Waals surface area (Å²) in [4.78, 5) is 37.9. The van der Waals surface area contributed by atoms with Crippen LogP contribution in [0.1, 0.15) is 252 Å². The Bertz CT molecular complexity index is 1350. The van der Waals surface area contributed by atoms with Crippen LogP contribution in [0.3, 0.4) is 0 Å². The van der Waals surface area contributed by atoms with Gasteiger partial charge in [-0.25, -0.2) is 0 Å². The normalized spacial score (nSPS) is 12.8. The van der Waals surface area contributed by atoms with Gasteiger partial charge in [-0.05, 0) is 103 Å². The van der Waals surface area contributed by atoms with Gasteiger partial charge in [0.2, 0.25) is 0 Å². The van der Waals surface area contributed by atoms with Gasteiger partial charge < -0.3 is 14.2 Å². The van der Waals surface area contributed by atoms with Gasteiger partial charge in [0.25, 0.3) is 0 Å². The lowest BCUT2D eigenvalue weighted by Crippen LogP contribution is -2.30. The van der Waals surface area contributed by atoms with E-state index in [4.69, 9.17) is 14.2 Å². The fourth-order valence-electron chi connectivity index (χ4n) is 7.42. The molecule has 0 rings (SSSR count). The molecule has 0 fully saturated rings. The van der Waals surface area contributed by atoms with E-state index >= 15 is 0 Å². The molecule has 0 aliphatic carbocycles. The van der Waals surface area contributed by atoms with Crippen LogP contribution in [0.4, 0.5) is 0 Å². The van der Waals surface area contributed by atoms with Crippen molar-refractivity contribution in [1.29, 1.82) is 0 Å². The lowest BCUT2D eigenvalue weighted by molar-refractivity contribution is -0.167. The zero-order valence-electron chi connectivity index (χ0n) is 43.6. The Hall–Kier alpha value is -3.67. The van der Waals surface area contributed by atoms with Crippen LogP contribution < -0.4 is 0 Å². The van der Waals surface area contributed by atoms with Gasteiger partial charge in [-0.1, -0.05) is 227 Å². The first-order chi connectivity index (χ1) is 33.0. The minimum Gasteiger partial charge on any atom is -0.462 e. The first-order valence-corrected chi connectivity index (χ1v) is 27.7. The first-order valence-electron chi connectivity index (χ1n) is 27.7. The van der Waals surface area contributed by atoms with Crippen LogP contribution in [-0.4, -0.2) is 37.2 Å². The molecule has 0 aliphatic heterocycles. The third-order valence-electron chi connectivity index (χ3n) is 11.6. The minimum atomic E-state index is -0.785. The van der Waals surface area contributed by atoms with E-state index in [1.54, 1.807) is 0 Å². The quantitative estimate of drug-likeness (QED) is 0.0262. The first kappa shape index (κ1) is 63.3. The Balaban J connectivity index is 4.21. The lowest BCUT2D eigenvalue weighted by Gasteiger charge is -2.18. The second kappa shape index (κ2) is 54.9. The zero-order valence-corrected chi connectivity index (χ0v) is 43.6. The number of allylic oxidation sites excluding steroid dienone is 16. The molecule has 0 heterocycles. The van der Waals surface area contributed by atoms with E-state index in [0.717, 1.165) is 128 Å². The SMILES string of the molecule is CC/C=C\C/C=C\C/C=C\C/C=C\C/C=C\C/C=C\CCCCCCCCCCC(=O)OCC(COC(=O)CCCCCCCCC)OC(=O)CCCCCCC/C=C\C/C=C\CCCCC. The van der Waals surface area contributed by atoms with E-state index in [1.807, 2.05) is 0 Å². The average Bonchev–Trinajstić information content (AvgIpc) is 3.33. The van der Waals surface area contributed by atoms with Gasteiger partial charge in [0.15, 0.2) is 6.10 Å². The Morgan fingerprint density at radius 3 is 0.940 bits per heavy atom. The van der Waals surface area contributed by atoms with E-state index in [9.17, 15) is 14.4 Å². The van der Waals surface area contributed by atoms with Crippen LogP contribution in [0.5, 0.6) is 0 Å². The van der Waals surface area contributed by atoms with Gasteiger partial charge in [0.1, 0.15) is 13.2 Å². The summed E-state index contributed by atoms with van der Waals surface area (Å²) in [6, 6.07) is 0. The van der Waals surface area contributed by atoms with Gasteiger partial charge in [-0.3, -0.25) is 14.4 Å². The standard InChI is InChI=1S/C61H102O6/c1-4-7-10-13-16-18-20-22-24-25-26-27-28-29-30-31-32-33-34-35-37-38-40-42-45-48-51-54-60(63)66-57-58(56-65-59(62)53-50-47-44-15-12-9-6-3)67-61(64)55-52-49-46-43-41-39-36-23-21-19-17-14-11-8-5-2/h7,10,16-19,22-24,26-27,29-30,32-33,36,58H,4-6,8-9,11-15,20-21,25,28,31,34-35,37-57H2,1-3H3/b10-7-,18-16-,19-17-,24-22-,27-26-,30-29-,33-32-,36-23-. The van der Waals surface area contributed by atoms with Crippen LogP contribution in [-0.2, 0) is 28.6 Å². The maximum absolute atomic E-state index is 12.8. The fourth-order valence-corrected chi connectivity index (χ4v) is 7.42. The van der Waals surface area contributed by atoms with Crippen molar-refractivity contribution in [3.63, 3.8) is 0 Å². The highest BCUT2D eigenvalue weighted by Gasteiger charge is 2.19. The smallest absolute Gasteiger partial charge is 0.306 e. The summed E-state index contributed by atoms with van der Waals surface area (Å²) in [5.74, 6) is -0.915. The van der Waals surface area contributed by atoms with Crippen LogP contribution in [0.2, 0.25) is 0 Å². The molecule has 0 N–H and O–H groups in total. The van der Waals surface area contributed by atoms with Crippen LogP contribution >= 0.6 is 0 Å². The molecular weight excluding hydrogens is 829 g/mol. The van der Waals surface area contributed by atoms with Crippen molar-refractivity contribution < 1.29 is 28.6 Å². The fraction of sp³-hybridized carbons (Fsp3) is 0.689. The summed E-state index contributed by atoms with van der Waals surface area (Å²) in [6.07, 6.45) is 72.7. The molecular formula is C61H102O6. The van der Waals surface area contributed by atoms with Crippen LogP contribution in [0.25, 0.3) is 0 Å². The van der Waals surface area contributed by atoms with E-state index < -0.39 is 6.10 Å². The van der Waals surface area contributed by atoms with Crippen LogP contribution in [0, 0.1) is 0 Å². The van der Waals surface area contributed by atoms with Crippen LogP contribution in [0.15, 0.2) is 97.2 Å². The van der Waals surface area contributed by atoms with Gasteiger partial charge in [0, 0.05) is 19.3 Å². The minimum absolute atomic E-state index is 0.0854. The number of ether oxygens (including phenoxy) is 3. The second-order valence-electron chi connectivity index (χ2n) is 18.1. The molecule has 0 radical (unpaired) electrons. The maximum atomic E-state index is 12.8. The number of esters is 3. The number of rotatable bonds is 49. The van der Waals surface area contributed by atoms with E-state index in [-0.39, 0.29) is 31.1 Å². The molecule has 0 saturated carbocycles. The maximum Gasteiger partial charge on any atom is 0.306 e. The Labute approximate surface area is 413 Å². The molecule has 0 aromatic carbocycles. The summed E-state index contributed by atoms with van der Waals surface area (Å²) in [5, 5.41) is 0. The Morgan fingerprint density at radius 2 is 0.582 bits per heavy atom. The summed E-state index contributed by atoms with van der Waals surface area (Å²) < 4.78 is 16.7. The number of carbonyl (C=O) groups is 3. The molecule has 1 unspecified atom stereocenters. The molecule has 382 valence electrons. The summed E-state index contributed by atoms with van der Waals surface area (Å²) >= 11 is 0. The third kappa shape index (κ3) is 53.2. The molecule has 0 spiro atoms. The van der Waals surface area contributed by atoms with Gasteiger partial charge in [-0.15, -0.1) is 0 Å². The number of hydrogen-bond acceptors (Lipinski definition) is 6. The van der Waals surface area contributed by atoms with E-state index in [1.165, 1.54) is 83.5 Å². The van der Waals surface area contributed by atoms with Crippen molar-refractivity contribution >= 4 is 17.9 Å². The average molecular weight is 931 g/mol. The van der Waals surface area contributed by atoms with E-state index in [0.29, 0.717) is 19.3 Å². The molecule has 6 nitrogen and oxygen atoms in total. The topological polar surface area (TPSA) is 78.9 Å². The summed E-state index contributed by atoms with van der Waals surface area (Å²) in [7, 11) is 0. The predicted octanol–water partition coefficient (Wildman–Crippen LogP) is 18.5. The largest absolute Gasteiger partial charge is 0.462 e. The predicted molar refractivity (Wildman–Crippen MR) is 288 cm³/mol. The van der Waals surface area contributed by atoms with Gasteiger partial charge in [0.05, 0.1) is 0 Å².